The van der Waals surface area contributed by atoms with Gasteiger partial charge in [-0.3, -0.25) is 4.79 Å². The lowest BCUT2D eigenvalue weighted by Gasteiger charge is -2.09. The van der Waals surface area contributed by atoms with E-state index >= 15 is 0 Å². The molecule has 0 aliphatic rings. The fraction of sp³-hybridized carbons (Fsp3) is 0.133. The summed E-state index contributed by atoms with van der Waals surface area (Å²) in [6.45, 7) is 0.678. The van der Waals surface area contributed by atoms with E-state index in [0.717, 1.165) is 15.7 Å². The zero-order valence-electron chi connectivity index (χ0n) is 10.9. The van der Waals surface area contributed by atoms with Crippen LogP contribution in [0.5, 0.6) is 0 Å². The summed E-state index contributed by atoms with van der Waals surface area (Å²) in [6.07, 6.45) is 0. The van der Waals surface area contributed by atoms with E-state index in [0.29, 0.717) is 17.1 Å². The van der Waals surface area contributed by atoms with Gasteiger partial charge in [-0.1, -0.05) is 33.6 Å². The van der Waals surface area contributed by atoms with E-state index in [4.69, 9.17) is 11.6 Å². The quantitative estimate of drug-likeness (QED) is 0.870. The normalized spacial score (nSPS) is 10.2. The highest BCUT2D eigenvalue weighted by Gasteiger charge is 2.03. The molecular weight excluding hydrogens is 340 g/mol. The molecule has 0 aromatic heterocycles. The van der Waals surface area contributed by atoms with Crippen molar-refractivity contribution >= 4 is 39.1 Å². The van der Waals surface area contributed by atoms with E-state index < -0.39 is 0 Å². The van der Waals surface area contributed by atoms with Crippen LogP contribution in [0.4, 0.5) is 5.69 Å². The molecule has 2 N–H and O–H groups in total. The lowest BCUT2D eigenvalue weighted by Crippen LogP contribution is -2.17. The predicted molar refractivity (Wildman–Crippen MR) is 86.3 cm³/mol. The van der Waals surface area contributed by atoms with Crippen LogP contribution in [0, 0.1) is 0 Å². The summed E-state index contributed by atoms with van der Waals surface area (Å²) in [7, 11) is 1.62. The predicted octanol–water partition coefficient (Wildman–Crippen LogP) is 4.07. The fourth-order valence-corrected chi connectivity index (χ4v) is 2.57. The van der Waals surface area contributed by atoms with Gasteiger partial charge in [0.05, 0.1) is 0 Å². The van der Waals surface area contributed by atoms with Gasteiger partial charge in [0.1, 0.15) is 0 Å². The molecule has 0 heterocycles. The van der Waals surface area contributed by atoms with E-state index in [1.165, 1.54) is 0 Å². The zero-order chi connectivity index (χ0) is 14.5. The lowest BCUT2D eigenvalue weighted by atomic mass is 10.2. The van der Waals surface area contributed by atoms with Crippen LogP contribution in [0.3, 0.4) is 0 Å². The van der Waals surface area contributed by atoms with Crippen molar-refractivity contribution in [3.63, 3.8) is 0 Å². The molecule has 0 fully saturated rings. The molecule has 0 unspecified atom stereocenters. The third-order valence-electron chi connectivity index (χ3n) is 2.87. The molecule has 5 heteroatoms. The van der Waals surface area contributed by atoms with Gasteiger partial charge in [-0.05, 0) is 42.0 Å². The van der Waals surface area contributed by atoms with Crippen molar-refractivity contribution in [2.75, 3.05) is 12.4 Å². The summed E-state index contributed by atoms with van der Waals surface area (Å²) in [5, 5.41) is 6.60. The van der Waals surface area contributed by atoms with Crippen LogP contribution >= 0.6 is 27.5 Å². The highest BCUT2D eigenvalue weighted by atomic mass is 79.9. The summed E-state index contributed by atoms with van der Waals surface area (Å²) < 4.78 is 0.972. The number of anilines is 1. The smallest absolute Gasteiger partial charge is 0.251 e. The van der Waals surface area contributed by atoms with E-state index in [1.807, 2.05) is 30.3 Å². The van der Waals surface area contributed by atoms with E-state index in [2.05, 4.69) is 26.6 Å². The second-order valence-corrected chi connectivity index (χ2v) is 5.54. The third kappa shape index (κ3) is 3.74. The Morgan fingerprint density at radius 2 is 1.90 bits per heavy atom. The molecule has 3 nitrogen and oxygen atoms in total. The Balaban J connectivity index is 2.02. The van der Waals surface area contributed by atoms with Gasteiger partial charge in [0, 0.05) is 34.3 Å². The Labute approximate surface area is 131 Å². The molecule has 2 aromatic carbocycles. The van der Waals surface area contributed by atoms with Crippen molar-refractivity contribution < 1.29 is 4.79 Å². The highest BCUT2D eigenvalue weighted by Crippen LogP contribution is 2.22. The fourth-order valence-electron chi connectivity index (χ4n) is 1.75. The molecule has 104 valence electrons. The summed E-state index contributed by atoms with van der Waals surface area (Å²) >= 11 is 9.39. The number of benzene rings is 2. The molecule has 20 heavy (non-hydrogen) atoms. The van der Waals surface area contributed by atoms with E-state index in [1.54, 1.807) is 19.2 Å². The molecule has 1 amide bonds. The zero-order valence-corrected chi connectivity index (χ0v) is 13.3. The second kappa shape index (κ2) is 6.77. The van der Waals surface area contributed by atoms with Crippen LogP contribution in [0.1, 0.15) is 15.9 Å². The molecule has 0 saturated carbocycles. The van der Waals surface area contributed by atoms with Gasteiger partial charge in [-0.25, -0.2) is 0 Å². The van der Waals surface area contributed by atoms with Crippen molar-refractivity contribution in [1.82, 2.24) is 5.32 Å². The number of carbonyl (C=O) groups excluding carboxylic acids is 1. The van der Waals surface area contributed by atoms with Crippen molar-refractivity contribution in [3.8, 4) is 0 Å². The average Bonchev–Trinajstić information content (AvgIpc) is 2.46. The topological polar surface area (TPSA) is 41.1 Å². The summed E-state index contributed by atoms with van der Waals surface area (Å²) in [5.74, 6) is -0.0861. The van der Waals surface area contributed by atoms with Crippen LogP contribution in [0.2, 0.25) is 5.02 Å². The second-order valence-electron chi connectivity index (χ2n) is 4.25. The maximum atomic E-state index is 11.4. The standard InChI is InChI=1S/C15H14BrClN2O/c1-18-15(20)10-3-6-13(7-4-10)19-9-11-2-5-12(17)8-14(11)16/h2-8,19H,9H2,1H3,(H,18,20). The van der Waals surface area contributed by atoms with Gasteiger partial charge in [-0.15, -0.1) is 0 Å². The number of amides is 1. The molecule has 0 aliphatic heterocycles. The Bertz CT molecular complexity index is 614. The number of rotatable bonds is 4. The molecule has 0 spiro atoms. The van der Waals surface area contributed by atoms with Crippen molar-refractivity contribution in [2.24, 2.45) is 0 Å². The van der Waals surface area contributed by atoms with E-state index in [9.17, 15) is 4.79 Å². The molecule has 0 bridgehead atoms. The first-order valence-corrected chi connectivity index (χ1v) is 7.27. The van der Waals surface area contributed by atoms with Gasteiger partial charge in [0.25, 0.3) is 5.91 Å². The Hall–Kier alpha value is -1.52. The van der Waals surface area contributed by atoms with Gasteiger partial charge in [-0.2, -0.15) is 0 Å². The maximum absolute atomic E-state index is 11.4. The number of hydrogen-bond donors (Lipinski definition) is 2. The summed E-state index contributed by atoms with van der Waals surface area (Å²) in [6, 6.07) is 13.0. The molecule has 0 radical (unpaired) electrons. The largest absolute Gasteiger partial charge is 0.381 e. The monoisotopic (exact) mass is 352 g/mol. The summed E-state index contributed by atoms with van der Waals surface area (Å²) in [5.41, 5.74) is 2.72. The minimum atomic E-state index is -0.0861. The molecule has 2 aromatic rings. The Morgan fingerprint density at radius 1 is 1.20 bits per heavy atom. The first kappa shape index (κ1) is 14.9. The number of carbonyl (C=O) groups is 1. The number of hydrogen-bond acceptors (Lipinski definition) is 2. The van der Waals surface area contributed by atoms with Crippen molar-refractivity contribution in [3.05, 3.63) is 63.1 Å². The Morgan fingerprint density at radius 3 is 2.50 bits per heavy atom. The SMILES string of the molecule is CNC(=O)c1ccc(NCc2ccc(Cl)cc2Br)cc1. The van der Waals surface area contributed by atoms with Gasteiger partial charge in [0.2, 0.25) is 0 Å². The molecule has 0 aliphatic carbocycles. The van der Waals surface area contributed by atoms with Gasteiger partial charge in [0.15, 0.2) is 0 Å². The molecular formula is C15H14BrClN2O. The maximum Gasteiger partial charge on any atom is 0.251 e. The first-order chi connectivity index (χ1) is 9.60. The average molecular weight is 354 g/mol. The van der Waals surface area contributed by atoms with Crippen LogP contribution in [-0.2, 0) is 6.54 Å². The summed E-state index contributed by atoms with van der Waals surface area (Å²) in [4.78, 5) is 11.4. The van der Waals surface area contributed by atoms with Crippen molar-refractivity contribution in [1.29, 1.82) is 0 Å². The van der Waals surface area contributed by atoms with Crippen LogP contribution < -0.4 is 10.6 Å². The van der Waals surface area contributed by atoms with Gasteiger partial charge < -0.3 is 10.6 Å². The minimum Gasteiger partial charge on any atom is -0.381 e. The van der Waals surface area contributed by atoms with Crippen molar-refractivity contribution in [2.45, 2.75) is 6.54 Å². The van der Waals surface area contributed by atoms with Crippen LogP contribution in [-0.4, -0.2) is 13.0 Å². The molecule has 0 saturated heterocycles. The number of nitrogens with one attached hydrogen (secondary N) is 2. The number of halogens is 2. The van der Waals surface area contributed by atoms with E-state index in [-0.39, 0.29) is 5.91 Å². The lowest BCUT2D eigenvalue weighted by molar-refractivity contribution is 0.0963. The molecule has 0 atom stereocenters. The first-order valence-electron chi connectivity index (χ1n) is 6.10. The minimum absolute atomic E-state index is 0.0861. The Kier molecular flexibility index (Phi) is 5.04. The van der Waals surface area contributed by atoms with Crippen LogP contribution in [0.25, 0.3) is 0 Å². The molecule has 2 rings (SSSR count). The third-order valence-corrected chi connectivity index (χ3v) is 3.85. The highest BCUT2D eigenvalue weighted by molar-refractivity contribution is 9.10. The van der Waals surface area contributed by atoms with Crippen LogP contribution in [0.15, 0.2) is 46.9 Å². The van der Waals surface area contributed by atoms with Gasteiger partial charge >= 0.3 is 0 Å².